The lowest BCUT2D eigenvalue weighted by molar-refractivity contribution is -0.136. The lowest BCUT2D eigenvalue weighted by atomic mass is 9.87. The SMILES string of the molecule is CC(C)(C)c1ccc(NC(=O)C(=O)NCCCOCc2ccco2)cc1. The van der Waals surface area contributed by atoms with Crippen LogP contribution in [0.5, 0.6) is 0 Å². The van der Waals surface area contributed by atoms with Gasteiger partial charge >= 0.3 is 11.8 Å². The van der Waals surface area contributed by atoms with Crippen molar-refractivity contribution < 1.29 is 18.7 Å². The zero-order chi connectivity index (χ0) is 19.0. The molecule has 0 aliphatic rings. The Morgan fingerprint density at radius 3 is 2.42 bits per heavy atom. The first-order chi connectivity index (χ1) is 12.4. The summed E-state index contributed by atoms with van der Waals surface area (Å²) in [7, 11) is 0. The van der Waals surface area contributed by atoms with Gasteiger partial charge in [-0.25, -0.2) is 0 Å². The second-order valence-electron chi connectivity index (χ2n) is 7.02. The molecule has 0 fully saturated rings. The Morgan fingerprint density at radius 2 is 1.81 bits per heavy atom. The lowest BCUT2D eigenvalue weighted by Gasteiger charge is -2.19. The number of hydrogen-bond acceptors (Lipinski definition) is 4. The van der Waals surface area contributed by atoms with Gasteiger partial charge in [-0.1, -0.05) is 32.9 Å². The number of amides is 2. The number of anilines is 1. The van der Waals surface area contributed by atoms with Gasteiger partial charge in [-0.3, -0.25) is 9.59 Å². The molecule has 140 valence electrons. The van der Waals surface area contributed by atoms with E-state index in [-0.39, 0.29) is 5.41 Å². The molecule has 1 heterocycles. The molecule has 26 heavy (non-hydrogen) atoms. The molecular formula is C20H26N2O4. The fraction of sp³-hybridized carbons (Fsp3) is 0.400. The quantitative estimate of drug-likeness (QED) is 0.588. The molecule has 2 amide bonds. The number of hydrogen-bond donors (Lipinski definition) is 2. The van der Waals surface area contributed by atoms with Gasteiger partial charge in [-0.05, 0) is 41.7 Å². The molecule has 0 aliphatic heterocycles. The van der Waals surface area contributed by atoms with E-state index in [9.17, 15) is 9.59 Å². The van der Waals surface area contributed by atoms with Gasteiger partial charge in [0.15, 0.2) is 0 Å². The maximum Gasteiger partial charge on any atom is 0.313 e. The number of furan rings is 1. The van der Waals surface area contributed by atoms with Crippen molar-refractivity contribution in [1.29, 1.82) is 0 Å². The van der Waals surface area contributed by atoms with Crippen molar-refractivity contribution in [3.05, 3.63) is 54.0 Å². The Labute approximate surface area is 153 Å². The summed E-state index contributed by atoms with van der Waals surface area (Å²) in [6.45, 7) is 7.58. The van der Waals surface area contributed by atoms with Crippen LogP contribution in [0.1, 0.15) is 38.5 Å². The van der Waals surface area contributed by atoms with Gasteiger partial charge in [0.1, 0.15) is 12.4 Å². The van der Waals surface area contributed by atoms with Crippen molar-refractivity contribution in [2.75, 3.05) is 18.5 Å². The molecule has 1 aromatic heterocycles. The highest BCUT2D eigenvalue weighted by Gasteiger charge is 2.15. The zero-order valence-corrected chi connectivity index (χ0v) is 15.5. The fourth-order valence-corrected chi connectivity index (χ4v) is 2.27. The first kappa shape index (κ1) is 19.7. The van der Waals surface area contributed by atoms with Crippen LogP contribution in [-0.4, -0.2) is 25.0 Å². The van der Waals surface area contributed by atoms with Gasteiger partial charge in [0.2, 0.25) is 0 Å². The molecule has 0 saturated heterocycles. The van der Waals surface area contributed by atoms with Crippen molar-refractivity contribution in [3.8, 4) is 0 Å². The molecule has 2 aromatic rings. The van der Waals surface area contributed by atoms with Gasteiger partial charge < -0.3 is 19.8 Å². The molecule has 0 bridgehead atoms. The van der Waals surface area contributed by atoms with Crippen molar-refractivity contribution in [3.63, 3.8) is 0 Å². The molecule has 2 N–H and O–H groups in total. The number of rotatable bonds is 7. The predicted molar refractivity (Wildman–Crippen MR) is 99.8 cm³/mol. The van der Waals surface area contributed by atoms with Gasteiger partial charge in [0, 0.05) is 18.8 Å². The van der Waals surface area contributed by atoms with E-state index in [1.165, 1.54) is 0 Å². The third-order valence-electron chi connectivity index (χ3n) is 3.79. The van der Waals surface area contributed by atoms with Crippen molar-refractivity contribution >= 4 is 17.5 Å². The van der Waals surface area contributed by atoms with E-state index in [1.54, 1.807) is 24.5 Å². The second-order valence-corrected chi connectivity index (χ2v) is 7.02. The molecule has 0 atom stereocenters. The average molecular weight is 358 g/mol. The minimum absolute atomic E-state index is 0.0406. The van der Waals surface area contributed by atoms with E-state index in [0.717, 1.165) is 11.3 Å². The molecule has 2 rings (SSSR count). The predicted octanol–water partition coefficient (Wildman–Crippen LogP) is 3.24. The van der Waals surface area contributed by atoms with Gasteiger partial charge in [-0.2, -0.15) is 0 Å². The summed E-state index contributed by atoms with van der Waals surface area (Å²) in [4.78, 5) is 23.7. The van der Waals surface area contributed by atoms with Crippen LogP contribution in [0.3, 0.4) is 0 Å². The molecule has 0 radical (unpaired) electrons. The van der Waals surface area contributed by atoms with Gasteiger partial charge in [-0.15, -0.1) is 0 Å². The number of benzene rings is 1. The van der Waals surface area contributed by atoms with Crippen molar-refractivity contribution in [2.24, 2.45) is 0 Å². The Balaban J connectivity index is 1.65. The highest BCUT2D eigenvalue weighted by molar-refractivity contribution is 6.39. The molecule has 6 nitrogen and oxygen atoms in total. The van der Waals surface area contributed by atoms with Crippen LogP contribution in [0.25, 0.3) is 0 Å². The maximum absolute atomic E-state index is 11.9. The van der Waals surface area contributed by atoms with Crippen LogP contribution >= 0.6 is 0 Å². The Bertz CT molecular complexity index is 700. The summed E-state index contributed by atoms with van der Waals surface area (Å²) < 4.78 is 10.6. The van der Waals surface area contributed by atoms with E-state index in [4.69, 9.17) is 9.15 Å². The maximum atomic E-state index is 11.9. The standard InChI is InChI=1S/C20H26N2O4/c1-20(2,3)15-7-9-16(10-8-15)22-19(24)18(23)21-11-5-12-25-14-17-6-4-13-26-17/h4,6-10,13H,5,11-12,14H2,1-3H3,(H,21,23)(H,22,24). The number of carbonyl (C=O) groups excluding carboxylic acids is 2. The normalized spacial score (nSPS) is 11.2. The highest BCUT2D eigenvalue weighted by atomic mass is 16.5. The first-order valence-electron chi connectivity index (χ1n) is 8.66. The minimum atomic E-state index is -0.676. The van der Waals surface area contributed by atoms with Gasteiger partial charge in [0.25, 0.3) is 0 Å². The Hall–Kier alpha value is -2.60. The number of ether oxygens (including phenoxy) is 1. The molecule has 0 spiro atoms. The van der Waals surface area contributed by atoms with E-state index in [1.807, 2.05) is 18.2 Å². The van der Waals surface area contributed by atoms with Crippen LogP contribution in [-0.2, 0) is 26.3 Å². The summed E-state index contributed by atoms with van der Waals surface area (Å²) in [6, 6.07) is 11.1. The molecule has 0 aliphatic carbocycles. The molecule has 1 aromatic carbocycles. The minimum Gasteiger partial charge on any atom is -0.467 e. The molecule has 0 unspecified atom stereocenters. The zero-order valence-electron chi connectivity index (χ0n) is 15.5. The van der Waals surface area contributed by atoms with Crippen molar-refractivity contribution in [2.45, 2.75) is 39.2 Å². The molecule has 0 saturated carbocycles. The van der Waals surface area contributed by atoms with Crippen molar-refractivity contribution in [1.82, 2.24) is 5.32 Å². The summed E-state index contributed by atoms with van der Waals surface area (Å²) in [5, 5.41) is 5.17. The van der Waals surface area contributed by atoms with Crippen LogP contribution < -0.4 is 10.6 Å². The monoisotopic (exact) mass is 358 g/mol. The van der Waals surface area contributed by atoms with Crippen LogP contribution in [0.15, 0.2) is 47.1 Å². The topological polar surface area (TPSA) is 80.6 Å². The largest absolute Gasteiger partial charge is 0.467 e. The lowest BCUT2D eigenvalue weighted by Crippen LogP contribution is -2.36. The second kappa shape index (κ2) is 9.20. The van der Waals surface area contributed by atoms with E-state index in [0.29, 0.717) is 31.9 Å². The van der Waals surface area contributed by atoms with Crippen LogP contribution in [0.4, 0.5) is 5.69 Å². The molecular weight excluding hydrogens is 332 g/mol. The van der Waals surface area contributed by atoms with Crippen LogP contribution in [0.2, 0.25) is 0 Å². The fourth-order valence-electron chi connectivity index (χ4n) is 2.27. The number of carbonyl (C=O) groups is 2. The third kappa shape index (κ3) is 6.37. The first-order valence-corrected chi connectivity index (χ1v) is 8.66. The highest BCUT2D eigenvalue weighted by Crippen LogP contribution is 2.23. The van der Waals surface area contributed by atoms with E-state index < -0.39 is 11.8 Å². The summed E-state index contributed by atoms with van der Waals surface area (Å²) in [5.41, 5.74) is 1.80. The summed E-state index contributed by atoms with van der Waals surface area (Å²) >= 11 is 0. The van der Waals surface area contributed by atoms with Crippen LogP contribution in [0, 0.1) is 0 Å². The Morgan fingerprint density at radius 1 is 1.08 bits per heavy atom. The van der Waals surface area contributed by atoms with E-state index in [2.05, 4.69) is 31.4 Å². The smallest absolute Gasteiger partial charge is 0.313 e. The summed E-state index contributed by atoms with van der Waals surface area (Å²) in [6.07, 6.45) is 2.20. The third-order valence-corrected chi connectivity index (χ3v) is 3.79. The number of nitrogens with one attached hydrogen (secondary N) is 2. The van der Waals surface area contributed by atoms with E-state index >= 15 is 0 Å². The molecule has 6 heteroatoms. The Kier molecular flexibility index (Phi) is 6.97. The summed E-state index contributed by atoms with van der Waals surface area (Å²) in [5.74, 6) is -0.577. The van der Waals surface area contributed by atoms with Gasteiger partial charge in [0.05, 0.1) is 6.26 Å². The average Bonchev–Trinajstić information content (AvgIpc) is 3.10.